The average molecular weight is 645 g/mol. The van der Waals surface area contributed by atoms with Crippen molar-refractivity contribution in [2.24, 2.45) is 0 Å². The molecular formula is C30H34F2N6O6S. The third-order valence-electron chi connectivity index (χ3n) is 8.20. The molecule has 3 aliphatic rings. The van der Waals surface area contributed by atoms with E-state index in [2.05, 4.69) is 25.7 Å². The van der Waals surface area contributed by atoms with Crippen LogP contribution in [0.3, 0.4) is 0 Å². The van der Waals surface area contributed by atoms with Crippen molar-refractivity contribution in [2.45, 2.75) is 55.8 Å². The van der Waals surface area contributed by atoms with Crippen LogP contribution in [0.5, 0.6) is 5.75 Å². The molecule has 2 amide bonds. The maximum Gasteiger partial charge on any atom is 0.258 e. The van der Waals surface area contributed by atoms with Gasteiger partial charge >= 0.3 is 0 Å². The number of hydrogen-bond donors (Lipinski definition) is 3. The predicted octanol–water partition coefficient (Wildman–Crippen LogP) is 3.23. The largest absolute Gasteiger partial charge is 0.488 e. The number of H-pyrrole nitrogens is 1. The highest BCUT2D eigenvalue weighted by atomic mass is 32.2. The number of aromatic amines is 1. The van der Waals surface area contributed by atoms with Gasteiger partial charge in [-0.05, 0) is 44.2 Å². The minimum absolute atomic E-state index is 0.00624. The lowest BCUT2D eigenvalue weighted by Gasteiger charge is -2.37. The molecule has 3 aromatic rings. The monoisotopic (exact) mass is 644 g/mol. The molecule has 1 aromatic heterocycles. The topological polar surface area (TPSA) is 146 Å². The van der Waals surface area contributed by atoms with Gasteiger partial charge in [-0.3, -0.25) is 19.6 Å². The second kappa shape index (κ2) is 11.8. The minimum atomic E-state index is -4.32. The maximum absolute atomic E-state index is 13.9. The van der Waals surface area contributed by atoms with E-state index >= 15 is 0 Å². The lowest BCUT2D eigenvalue weighted by molar-refractivity contribution is -0.124. The van der Waals surface area contributed by atoms with Gasteiger partial charge in [0.2, 0.25) is 10.0 Å². The van der Waals surface area contributed by atoms with Crippen molar-refractivity contribution in [1.29, 1.82) is 0 Å². The molecular weight excluding hydrogens is 610 g/mol. The predicted molar refractivity (Wildman–Crippen MR) is 159 cm³/mol. The van der Waals surface area contributed by atoms with Crippen LogP contribution in [0.1, 0.15) is 48.3 Å². The van der Waals surface area contributed by atoms with Gasteiger partial charge in [0.05, 0.1) is 16.1 Å². The van der Waals surface area contributed by atoms with Gasteiger partial charge in [0.1, 0.15) is 29.6 Å². The first-order valence-corrected chi connectivity index (χ1v) is 16.0. The summed E-state index contributed by atoms with van der Waals surface area (Å²) in [6.07, 6.45) is 0.671. The Labute approximate surface area is 259 Å². The number of likely N-dealkylation sites (tertiary alicyclic amines) is 1. The van der Waals surface area contributed by atoms with E-state index in [9.17, 15) is 26.8 Å². The average Bonchev–Trinajstić information content (AvgIpc) is 3.63. The number of sulfonamides is 1. The van der Waals surface area contributed by atoms with Gasteiger partial charge in [0.25, 0.3) is 11.8 Å². The number of ether oxygens (including phenoxy) is 2. The number of carbonyl (C=O) groups is 2. The number of nitrogens with zero attached hydrogens (tertiary/aromatic N) is 3. The van der Waals surface area contributed by atoms with Crippen LogP contribution in [0, 0.1) is 11.6 Å². The fraction of sp³-hybridized carbons (Fsp3) is 0.433. The van der Waals surface area contributed by atoms with E-state index in [1.54, 1.807) is 26.0 Å². The summed E-state index contributed by atoms with van der Waals surface area (Å²) in [5.41, 5.74) is 0.568. The Morgan fingerprint density at radius 1 is 1.11 bits per heavy atom. The van der Waals surface area contributed by atoms with Crippen molar-refractivity contribution < 1.29 is 36.3 Å². The molecule has 0 aliphatic carbocycles. The van der Waals surface area contributed by atoms with Crippen molar-refractivity contribution in [3.8, 4) is 5.75 Å². The van der Waals surface area contributed by atoms with E-state index in [0.717, 1.165) is 35.9 Å². The summed E-state index contributed by atoms with van der Waals surface area (Å²) >= 11 is 0. The van der Waals surface area contributed by atoms with Crippen molar-refractivity contribution in [2.75, 3.05) is 43.9 Å². The molecule has 6 rings (SSSR count). The Kier molecular flexibility index (Phi) is 8.14. The zero-order valence-electron chi connectivity index (χ0n) is 25.0. The number of amides is 2. The fourth-order valence-electron chi connectivity index (χ4n) is 5.91. The van der Waals surface area contributed by atoms with Crippen LogP contribution >= 0.6 is 0 Å². The van der Waals surface area contributed by atoms with Crippen LogP contribution in [0.25, 0.3) is 0 Å². The van der Waals surface area contributed by atoms with Gasteiger partial charge in [-0.2, -0.15) is 9.40 Å². The number of benzene rings is 2. The second-order valence-electron chi connectivity index (χ2n) is 12.3. The molecule has 12 nitrogen and oxygen atoms in total. The number of anilines is 2. The minimum Gasteiger partial charge on any atom is -0.488 e. The first-order chi connectivity index (χ1) is 21.3. The molecule has 0 bridgehead atoms. The third kappa shape index (κ3) is 6.30. The molecule has 3 N–H and O–H groups in total. The van der Waals surface area contributed by atoms with Gasteiger partial charge < -0.3 is 20.1 Å². The van der Waals surface area contributed by atoms with Crippen LogP contribution < -0.4 is 15.4 Å². The highest BCUT2D eigenvalue weighted by Gasteiger charge is 2.41. The van der Waals surface area contributed by atoms with Crippen molar-refractivity contribution >= 4 is 33.3 Å². The van der Waals surface area contributed by atoms with E-state index in [1.165, 1.54) is 6.07 Å². The molecule has 15 heteroatoms. The van der Waals surface area contributed by atoms with Crippen molar-refractivity contribution in [1.82, 2.24) is 19.4 Å². The molecule has 45 heavy (non-hydrogen) atoms. The number of halogens is 2. The molecule has 0 radical (unpaired) electrons. The Morgan fingerprint density at radius 3 is 2.51 bits per heavy atom. The standard InChI is InChI=1S/C30H34F2N6O6S/c1-30(2)16-38(45(41,42)21-10-17(31)9-18(32)11-21)15-23-26(30)35-36-27(23)34-28(39)22-7-6-19(44-20-13-37(3)14-20)12-24(22)33-29(40)25-5-4-8-43-25/h6-7,9-12,20,25H,4-5,8,13-16H2,1-3H3,(H,33,40)(H2,34,35,36,39)/t25-/m1/s1. The van der Waals surface area contributed by atoms with E-state index in [0.29, 0.717) is 36.1 Å². The molecule has 2 aromatic carbocycles. The molecule has 0 saturated carbocycles. The van der Waals surface area contributed by atoms with E-state index < -0.39 is 44.0 Å². The summed E-state index contributed by atoms with van der Waals surface area (Å²) in [4.78, 5) is 28.2. The smallest absolute Gasteiger partial charge is 0.258 e. The number of rotatable bonds is 8. The quantitative estimate of drug-likeness (QED) is 0.339. The molecule has 1 atom stereocenters. The van der Waals surface area contributed by atoms with Crippen LogP contribution in [-0.4, -0.2) is 85.1 Å². The van der Waals surface area contributed by atoms with E-state index in [4.69, 9.17) is 9.47 Å². The Morgan fingerprint density at radius 2 is 1.84 bits per heavy atom. The first-order valence-electron chi connectivity index (χ1n) is 14.6. The molecule has 0 unspecified atom stereocenters. The van der Waals surface area contributed by atoms with Crippen LogP contribution in [0.15, 0.2) is 41.3 Å². The summed E-state index contributed by atoms with van der Waals surface area (Å²) in [6, 6.07) is 6.91. The number of aromatic nitrogens is 2. The molecule has 0 spiro atoms. The van der Waals surface area contributed by atoms with Crippen LogP contribution in [0.2, 0.25) is 0 Å². The zero-order chi connectivity index (χ0) is 32.1. The lowest BCUT2D eigenvalue weighted by Crippen LogP contribution is -2.51. The molecule has 3 aliphatic heterocycles. The first kappa shape index (κ1) is 31.1. The van der Waals surface area contributed by atoms with Crippen LogP contribution in [-0.2, 0) is 31.5 Å². The summed E-state index contributed by atoms with van der Waals surface area (Å²) < 4.78 is 67.5. The number of carbonyl (C=O) groups excluding carboxylic acids is 2. The van der Waals surface area contributed by atoms with Crippen molar-refractivity contribution in [3.63, 3.8) is 0 Å². The SMILES string of the molecule is CN1CC(Oc2ccc(C(=O)Nc3n[nH]c4c3CN(S(=O)(=O)c3cc(F)cc(F)c3)CC4(C)C)c(NC(=O)[C@H]3CCCO3)c2)C1. The zero-order valence-corrected chi connectivity index (χ0v) is 25.8. The summed E-state index contributed by atoms with van der Waals surface area (Å²) in [5.74, 6) is -2.44. The molecule has 2 fully saturated rings. The van der Waals surface area contributed by atoms with Gasteiger partial charge in [-0.1, -0.05) is 13.8 Å². The summed E-state index contributed by atoms with van der Waals surface area (Å²) in [6.45, 7) is 5.35. The highest BCUT2D eigenvalue weighted by Crippen LogP contribution is 2.38. The number of hydrogen-bond acceptors (Lipinski definition) is 8. The Balaban J connectivity index is 1.27. The Bertz CT molecular complexity index is 1730. The highest BCUT2D eigenvalue weighted by molar-refractivity contribution is 7.89. The maximum atomic E-state index is 13.9. The molecule has 240 valence electrons. The number of fused-ring (bicyclic) bond motifs is 1. The molecule has 4 heterocycles. The van der Waals surface area contributed by atoms with Gasteiger partial charge in [0, 0.05) is 61.6 Å². The molecule has 2 saturated heterocycles. The van der Waals surface area contributed by atoms with E-state index in [-0.39, 0.29) is 42.2 Å². The van der Waals surface area contributed by atoms with Gasteiger partial charge in [-0.25, -0.2) is 17.2 Å². The fourth-order valence-corrected chi connectivity index (χ4v) is 7.52. The number of nitrogens with one attached hydrogen (secondary N) is 3. The van der Waals surface area contributed by atoms with E-state index in [1.807, 2.05) is 7.05 Å². The third-order valence-corrected chi connectivity index (χ3v) is 9.97. The Hall–Kier alpha value is -3.92. The normalized spacial score (nSPS) is 20.3. The summed E-state index contributed by atoms with van der Waals surface area (Å²) in [7, 11) is -2.34. The van der Waals surface area contributed by atoms with Crippen LogP contribution in [0.4, 0.5) is 20.3 Å². The summed E-state index contributed by atoms with van der Waals surface area (Å²) in [5, 5.41) is 12.8. The van der Waals surface area contributed by atoms with Gasteiger partial charge in [0.15, 0.2) is 5.82 Å². The second-order valence-corrected chi connectivity index (χ2v) is 14.2. The lowest BCUT2D eigenvalue weighted by atomic mass is 9.84. The number of likely N-dealkylation sites (N-methyl/N-ethyl adjacent to an activating group) is 1. The van der Waals surface area contributed by atoms with Gasteiger partial charge in [-0.15, -0.1) is 0 Å². The van der Waals surface area contributed by atoms with Crippen molar-refractivity contribution in [3.05, 3.63) is 64.9 Å².